The van der Waals surface area contributed by atoms with Gasteiger partial charge in [-0.05, 0) is 5.89 Å². The van der Waals surface area contributed by atoms with E-state index in [0.717, 1.165) is 6.92 Å². The molecular weight excluding hydrogens is 84.1 g/mol. The summed E-state index contributed by atoms with van der Waals surface area (Å²) in [5.74, 6) is -3.21. The molecule has 7 heavy (non-hydrogen) atoms. The van der Waals surface area contributed by atoms with Crippen molar-refractivity contribution < 1.29 is 15.1 Å². The van der Waals surface area contributed by atoms with Gasteiger partial charge in [0, 0.05) is 15.1 Å². The zero-order valence-electron chi connectivity index (χ0n) is 15.0. The Balaban J connectivity index is 3.75. The van der Waals surface area contributed by atoms with Crippen LogP contribution in [0.25, 0.3) is 0 Å². The fourth-order valence-electron chi connectivity index (χ4n) is 0.344. The highest BCUT2D eigenvalue weighted by molar-refractivity contribution is 4.64. The van der Waals surface area contributed by atoms with E-state index in [4.69, 9.17) is 15.1 Å². The minimum absolute atomic E-state index is 0.757. The lowest BCUT2D eigenvalue weighted by Gasteiger charge is -1.99. The summed E-state index contributed by atoms with van der Waals surface area (Å²) in [6, 6.07) is 0. The molecule has 0 heteroatoms. The number of hydrogen-bond donors (Lipinski definition) is 0. The molecule has 0 radical (unpaired) electrons. The molecule has 1 aliphatic rings. The van der Waals surface area contributed by atoms with E-state index in [9.17, 15) is 0 Å². The Hall–Kier alpha value is 0. The van der Waals surface area contributed by atoms with Gasteiger partial charge in [-0.25, -0.2) is 0 Å². The van der Waals surface area contributed by atoms with Crippen molar-refractivity contribution in [3.8, 4) is 0 Å². The van der Waals surface area contributed by atoms with E-state index >= 15 is 0 Å². The van der Waals surface area contributed by atoms with E-state index in [-0.39, 0.29) is 0 Å². The first-order valence-corrected chi connectivity index (χ1v) is 2.00. The van der Waals surface area contributed by atoms with Crippen molar-refractivity contribution in [2.45, 2.75) is 38.8 Å². The number of rotatable bonds is 1. The third-order valence-corrected chi connectivity index (χ3v) is 0.688. The lowest BCUT2D eigenvalue weighted by molar-refractivity contribution is 0.531. The third kappa shape index (κ3) is 1.19. The molecule has 0 amide bonds. The summed E-state index contributed by atoms with van der Waals surface area (Å²) in [6.45, 7) is 0.757. The third-order valence-electron chi connectivity index (χ3n) is 0.688. The Morgan fingerprint density at radius 2 is 2.43 bits per heavy atom. The topological polar surface area (TPSA) is 0 Å². The lowest BCUT2D eigenvalue weighted by Crippen LogP contribution is -1.86. The highest BCUT2D eigenvalue weighted by Crippen LogP contribution is 2.26. The van der Waals surface area contributed by atoms with Gasteiger partial charge in [0.25, 0.3) is 0 Å². The van der Waals surface area contributed by atoms with Crippen LogP contribution in [0, 0.1) is 5.89 Å². The molecular formula is C7H14. The first kappa shape index (κ1) is 0.778. The fourth-order valence-corrected chi connectivity index (χ4v) is 0.344. The fraction of sp³-hybridized carbons (Fsp3) is 1.00. The molecule has 0 atom stereocenters. The van der Waals surface area contributed by atoms with Gasteiger partial charge >= 0.3 is 0 Å². The van der Waals surface area contributed by atoms with E-state index in [0.29, 0.717) is 0 Å². The van der Waals surface area contributed by atoms with Crippen molar-refractivity contribution in [3.05, 3.63) is 0 Å². The van der Waals surface area contributed by atoms with Crippen molar-refractivity contribution >= 4 is 0 Å². The molecule has 42 valence electrons. The van der Waals surface area contributed by atoms with Crippen LogP contribution in [-0.2, 0) is 0 Å². The maximum Gasteiger partial charge on any atom is 0.0303 e. The summed E-state index contributed by atoms with van der Waals surface area (Å²) in [7, 11) is 0. The van der Waals surface area contributed by atoms with Gasteiger partial charge < -0.3 is 0 Å². The van der Waals surface area contributed by atoms with E-state index in [2.05, 4.69) is 0 Å². The van der Waals surface area contributed by atoms with Crippen LogP contribution in [0.15, 0.2) is 0 Å². The maximum atomic E-state index is 7.84. The predicted molar refractivity (Wildman–Crippen MR) is 32.2 cm³/mol. The Kier molecular flexibility index (Phi) is 0.260. The van der Waals surface area contributed by atoms with Gasteiger partial charge in [-0.1, -0.05) is 38.8 Å². The summed E-state index contributed by atoms with van der Waals surface area (Å²) < 4.78 is 83.0. The first-order chi connectivity index (χ1) is 7.50. The van der Waals surface area contributed by atoms with Crippen LogP contribution in [-0.4, -0.2) is 0 Å². The largest absolute Gasteiger partial charge is 0.0651 e. The Bertz CT molecular complexity index is 336. The highest BCUT2D eigenvalue weighted by Gasteiger charge is 2.11. The molecule has 1 saturated carbocycles. The highest BCUT2D eigenvalue weighted by atomic mass is 14.2. The zero-order valence-corrected chi connectivity index (χ0v) is 4.00. The van der Waals surface area contributed by atoms with E-state index < -0.39 is 37.8 Å². The normalized spacial score (nSPS) is 82.1. The molecule has 0 aromatic heterocycles. The van der Waals surface area contributed by atoms with Crippen LogP contribution in [0.3, 0.4) is 0 Å². The summed E-state index contributed by atoms with van der Waals surface area (Å²) in [6.07, 6.45) is -16.1. The molecule has 0 N–H and O–H groups in total. The molecule has 0 saturated heterocycles. The monoisotopic (exact) mass is 109 g/mol. The van der Waals surface area contributed by atoms with Gasteiger partial charge in [-0.15, -0.1) is 0 Å². The van der Waals surface area contributed by atoms with E-state index in [1.807, 2.05) is 0 Å². The molecule has 0 spiro atoms. The maximum absolute atomic E-state index is 7.84. The molecule has 0 aromatic carbocycles. The second kappa shape index (κ2) is 2.34. The second-order valence-corrected chi connectivity index (χ2v) is 1.12. The van der Waals surface area contributed by atoms with Crippen LogP contribution in [0.5, 0.6) is 0 Å². The average Bonchev–Trinajstić information content (AvgIpc) is 2.16. The summed E-state index contributed by atoms with van der Waals surface area (Å²) in [5, 5.41) is 0. The minimum atomic E-state index is -3.33. The van der Waals surface area contributed by atoms with Crippen molar-refractivity contribution in [1.82, 2.24) is 0 Å². The molecule has 1 fully saturated rings. The van der Waals surface area contributed by atoms with Crippen molar-refractivity contribution in [1.29, 1.82) is 0 Å². The predicted octanol–water partition coefficient (Wildman–Crippen LogP) is 2.59. The van der Waals surface area contributed by atoms with Gasteiger partial charge in [0.15, 0.2) is 0 Å². The first-order valence-electron chi connectivity index (χ1n) is 7.50. The summed E-state index contributed by atoms with van der Waals surface area (Å²) >= 11 is 0. The molecule has 0 aromatic rings. The lowest BCUT2D eigenvalue weighted by atomic mass is 10.1. The zero-order chi connectivity index (χ0) is 15.0. The van der Waals surface area contributed by atoms with Crippen molar-refractivity contribution in [2.24, 2.45) is 5.89 Å². The molecule has 0 bridgehead atoms. The van der Waals surface area contributed by atoms with Gasteiger partial charge in [0.05, 0.1) is 0 Å². The standard InChI is InChI=1S/C7H14/c1-2-7-5-3-4-6-7/h7H,2-6H2,1H3/i2D2,3D2,4D2,5D2,6D2,7D. The molecule has 0 unspecified atom stereocenters. The van der Waals surface area contributed by atoms with E-state index in [1.165, 1.54) is 0 Å². The Labute approximate surface area is 61.4 Å². The molecule has 0 aliphatic heterocycles. The quantitative estimate of drug-likeness (QED) is 0.485. The molecule has 1 rings (SSSR count). The van der Waals surface area contributed by atoms with Crippen LogP contribution < -0.4 is 0 Å². The second-order valence-electron chi connectivity index (χ2n) is 1.12. The molecule has 0 nitrogen and oxygen atoms in total. The molecule has 0 heterocycles. The van der Waals surface area contributed by atoms with E-state index in [1.54, 1.807) is 0 Å². The minimum Gasteiger partial charge on any atom is -0.0651 e. The number of hydrogen-bond acceptors (Lipinski definition) is 0. The van der Waals surface area contributed by atoms with Crippen LogP contribution in [0.2, 0.25) is 0 Å². The van der Waals surface area contributed by atoms with Crippen molar-refractivity contribution in [2.75, 3.05) is 0 Å². The van der Waals surface area contributed by atoms with Gasteiger partial charge in [-0.2, -0.15) is 0 Å². The van der Waals surface area contributed by atoms with Crippen LogP contribution >= 0.6 is 0 Å². The van der Waals surface area contributed by atoms with Crippen LogP contribution in [0.4, 0.5) is 0 Å². The van der Waals surface area contributed by atoms with Gasteiger partial charge in [0.2, 0.25) is 0 Å². The van der Waals surface area contributed by atoms with Crippen LogP contribution in [0.1, 0.15) is 53.9 Å². The molecule has 1 aliphatic carbocycles. The smallest absolute Gasteiger partial charge is 0.0303 e. The summed E-state index contributed by atoms with van der Waals surface area (Å²) in [4.78, 5) is 0. The SMILES string of the molecule is [2H]C([2H])(C)C1([2H])C([2H])([2H])C([2H])([2H])C([2H])([2H])C1([2H])[2H]. The average molecular weight is 109 g/mol. The van der Waals surface area contributed by atoms with Crippen molar-refractivity contribution in [3.63, 3.8) is 0 Å². The van der Waals surface area contributed by atoms with Gasteiger partial charge in [-0.3, -0.25) is 0 Å². The summed E-state index contributed by atoms with van der Waals surface area (Å²) in [5.41, 5.74) is 0. The Morgan fingerprint density at radius 3 is 2.71 bits per heavy atom. The van der Waals surface area contributed by atoms with Gasteiger partial charge in [0.1, 0.15) is 0 Å². The Morgan fingerprint density at radius 1 is 1.86 bits per heavy atom.